The lowest BCUT2D eigenvalue weighted by Crippen LogP contribution is -2.18. The Hall–Kier alpha value is -1.13. The highest BCUT2D eigenvalue weighted by Crippen LogP contribution is 2.33. The lowest BCUT2D eigenvalue weighted by Gasteiger charge is -2.12. The maximum atomic E-state index is 5.21. The van der Waals surface area contributed by atoms with Crippen LogP contribution in [-0.2, 0) is 13.0 Å². The van der Waals surface area contributed by atoms with Gasteiger partial charge < -0.3 is 9.84 Å². The van der Waals surface area contributed by atoms with E-state index in [2.05, 4.69) is 44.6 Å². The summed E-state index contributed by atoms with van der Waals surface area (Å²) in [6.07, 6.45) is 2.29. The van der Waals surface area contributed by atoms with Crippen LogP contribution in [0, 0.1) is 6.92 Å². The number of hydrogen-bond donors (Lipinski definition) is 1. The van der Waals surface area contributed by atoms with Crippen LogP contribution in [-0.4, -0.2) is 5.16 Å². The van der Waals surface area contributed by atoms with E-state index < -0.39 is 0 Å². The van der Waals surface area contributed by atoms with Crippen molar-refractivity contribution in [2.75, 3.05) is 0 Å². The lowest BCUT2D eigenvalue weighted by atomic mass is 10.1. The molecule has 1 N–H and O–H groups in total. The van der Waals surface area contributed by atoms with Crippen molar-refractivity contribution in [3.05, 3.63) is 51.3 Å². The summed E-state index contributed by atoms with van der Waals surface area (Å²) in [4.78, 5) is 0. The largest absolute Gasteiger partial charge is 0.360 e. The second-order valence-electron chi connectivity index (χ2n) is 4.75. The molecule has 0 aliphatic heterocycles. The van der Waals surface area contributed by atoms with E-state index in [0.717, 1.165) is 35.3 Å². The molecule has 2 aromatic rings. The molecule has 0 saturated heterocycles. The molecule has 3 nitrogen and oxygen atoms in total. The summed E-state index contributed by atoms with van der Waals surface area (Å²) in [6, 6.07) is 8.94. The molecule has 94 valence electrons. The molecule has 1 aliphatic rings. The molecule has 1 aliphatic carbocycles. The van der Waals surface area contributed by atoms with Gasteiger partial charge in [0.1, 0.15) is 0 Å². The quantitative estimate of drug-likeness (QED) is 0.943. The molecule has 0 bridgehead atoms. The van der Waals surface area contributed by atoms with Gasteiger partial charge in [0, 0.05) is 16.6 Å². The highest BCUT2D eigenvalue weighted by molar-refractivity contribution is 9.10. The summed E-state index contributed by atoms with van der Waals surface area (Å²) in [5.74, 6) is 0.901. The van der Waals surface area contributed by atoms with E-state index in [-0.39, 0.29) is 0 Å². The van der Waals surface area contributed by atoms with Gasteiger partial charge in [-0.1, -0.05) is 27.2 Å². The summed E-state index contributed by atoms with van der Waals surface area (Å²) < 4.78 is 6.37. The second kappa shape index (κ2) is 4.86. The summed E-state index contributed by atoms with van der Waals surface area (Å²) >= 11 is 3.52. The van der Waals surface area contributed by atoms with E-state index in [1.807, 2.05) is 13.0 Å². The summed E-state index contributed by atoms with van der Waals surface area (Å²) in [5.41, 5.74) is 3.78. The smallest absolute Gasteiger partial charge is 0.150 e. The fraction of sp³-hybridized carbons (Fsp3) is 0.357. The van der Waals surface area contributed by atoms with Gasteiger partial charge in [0.05, 0.1) is 12.2 Å². The Kier molecular flexibility index (Phi) is 3.22. The topological polar surface area (TPSA) is 38.1 Å². The van der Waals surface area contributed by atoms with Gasteiger partial charge in [-0.15, -0.1) is 0 Å². The number of halogens is 1. The minimum absolute atomic E-state index is 0.429. The van der Waals surface area contributed by atoms with Crippen LogP contribution < -0.4 is 5.32 Å². The Morgan fingerprint density at radius 1 is 1.44 bits per heavy atom. The van der Waals surface area contributed by atoms with Crippen LogP contribution in [0.25, 0.3) is 0 Å². The number of nitrogens with one attached hydrogen (secondary N) is 1. The molecule has 0 radical (unpaired) electrons. The Labute approximate surface area is 115 Å². The van der Waals surface area contributed by atoms with Gasteiger partial charge in [0.2, 0.25) is 0 Å². The highest BCUT2D eigenvalue weighted by Gasteiger charge is 2.22. The third-order valence-corrected chi connectivity index (χ3v) is 3.88. The Morgan fingerprint density at radius 3 is 3.11 bits per heavy atom. The van der Waals surface area contributed by atoms with E-state index >= 15 is 0 Å². The van der Waals surface area contributed by atoms with Gasteiger partial charge in [-0.25, -0.2) is 0 Å². The highest BCUT2D eigenvalue weighted by atomic mass is 79.9. The van der Waals surface area contributed by atoms with Gasteiger partial charge in [-0.2, -0.15) is 0 Å². The van der Waals surface area contributed by atoms with Gasteiger partial charge in [0.25, 0.3) is 0 Å². The van der Waals surface area contributed by atoms with E-state index in [1.165, 1.54) is 11.1 Å². The molecule has 18 heavy (non-hydrogen) atoms. The first-order valence-corrected chi connectivity index (χ1v) is 6.95. The Morgan fingerprint density at radius 2 is 2.33 bits per heavy atom. The summed E-state index contributed by atoms with van der Waals surface area (Å²) in [5, 5.41) is 7.43. The molecule has 3 rings (SSSR count). The van der Waals surface area contributed by atoms with Crippen LogP contribution in [0.5, 0.6) is 0 Å². The maximum Gasteiger partial charge on any atom is 0.150 e. The SMILES string of the molecule is Cc1cc(CNC2CCc3cc(Br)ccc32)on1. The molecule has 1 unspecified atom stereocenters. The number of aromatic nitrogens is 1. The first kappa shape index (κ1) is 11.9. The number of nitrogens with zero attached hydrogens (tertiary/aromatic N) is 1. The predicted octanol–water partition coefficient (Wildman–Crippen LogP) is 3.52. The number of hydrogen-bond acceptors (Lipinski definition) is 3. The normalized spacial score (nSPS) is 18.0. The van der Waals surface area contributed by atoms with Crippen molar-refractivity contribution in [3.8, 4) is 0 Å². The number of aryl methyl sites for hydroxylation is 2. The second-order valence-corrected chi connectivity index (χ2v) is 5.67. The van der Waals surface area contributed by atoms with Crippen LogP contribution in [0.1, 0.15) is 35.0 Å². The molecule has 0 amide bonds. The molecule has 0 saturated carbocycles. The molecule has 4 heteroatoms. The fourth-order valence-electron chi connectivity index (χ4n) is 2.52. The van der Waals surface area contributed by atoms with Crippen molar-refractivity contribution >= 4 is 15.9 Å². The molecule has 1 heterocycles. The summed E-state index contributed by atoms with van der Waals surface area (Å²) in [6.45, 7) is 2.68. The van der Waals surface area contributed by atoms with Crippen LogP contribution in [0.2, 0.25) is 0 Å². The third-order valence-electron chi connectivity index (χ3n) is 3.38. The molecule has 0 fully saturated rings. The van der Waals surface area contributed by atoms with Crippen molar-refractivity contribution in [2.24, 2.45) is 0 Å². The molecule has 1 atom stereocenters. The van der Waals surface area contributed by atoms with Gasteiger partial charge >= 0.3 is 0 Å². The number of benzene rings is 1. The van der Waals surface area contributed by atoms with Crippen molar-refractivity contribution in [2.45, 2.75) is 32.4 Å². The van der Waals surface area contributed by atoms with Crippen LogP contribution in [0.3, 0.4) is 0 Å². The zero-order valence-electron chi connectivity index (χ0n) is 10.2. The van der Waals surface area contributed by atoms with Crippen molar-refractivity contribution < 1.29 is 4.52 Å². The maximum absolute atomic E-state index is 5.21. The average molecular weight is 307 g/mol. The summed E-state index contributed by atoms with van der Waals surface area (Å²) in [7, 11) is 0. The van der Waals surface area contributed by atoms with Crippen LogP contribution >= 0.6 is 15.9 Å². The Bertz CT molecular complexity index is 565. The standard InChI is InChI=1S/C14H15BrN2O/c1-9-6-12(18-17-9)8-16-14-5-2-10-7-11(15)3-4-13(10)14/h3-4,6-7,14,16H,2,5,8H2,1H3. The van der Waals surface area contributed by atoms with E-state index in [4.69, 9.17) is 4.52 Å². The van der Waals surface area contributed by atoms with Crippen molar-refractivity contribution in [1.29, 1.82) is 0 Å². The van der Waals surface area contributed by atoms with Crippen molar-refractivity contribution in [1.82, 2.24) is 10.5 Å². The first-order chi connectivity index (χ1) is 8.72. The predicted molar refractivity (Wildman–Crippen MR) is 73.3 cm³/mol. The van der Waals surface area contributed by atoms with Crippen LogP contribution in [0.4, 0.5) is 0 Å². The number of rotatable bonds is 3. The monoisotopic (exact) mass is 306 g/mol. The van der Waals surface area contributed by atoms with Crippen LogP contribution in [0.15, 0.2) is 33.3 Å². The van der Waals surface area contributed by atoms with Gasteiger partial charge in [0.15, 0.2) is 5.76 Å². The fourth-order valence-corrected chi connectivity index (χ4v) is 2.93. The minimum Gasteiger partial charge on any atom is -0.360 e. The Balaban J connectivity index is 1.69. The molecule has 1 aromatic heterocycles. The third kappa shape index (κ3) is 2.35. The van der Waals surface area contributed by atoms with E-state index in [0.29, 0.717) is 6.04 Å². The number of fused-ring (bicyclic) bond motifs is 1. The van der Waals surface area contributed by atoms with Crippen molar-refractivity contribution in [3.63, 3.8) is 0 Å². The minimum atomic E-state index is 0.429. The zero-order valence-corrected chi connectivity index (χ0v) is 11.8. The van der Waals surface area contributed by atoms with E-state index in [9.17, 15) is 0 Å². The van der Waals surface area contributed by atoms with Gasteiger partial charge in [-0.3, -0.25) is 0 Å². The molecular weight excluding hydrogens is 292 g/mol. The zero-order chi connectivity index (χ0) is 12.5. The molecular formula is C14H15BrN2O. The lowest BCUT2D eigenvalue weighted by molar-refractivity contribution is 0.360. The van der Waals surface area contributed by atoms with Gasteiger partial charge in [-0.05, 0) is 43.0 Å². The average Bonchev–Trinajstić information content (AvgIpc) is 2.92. The molecule has 0 spiro atoms. The first-order valence-electron chi connectivity index (χ1n) is 6.16. The molecule has 1 aromatic carbocycles. The van der Waals surface area contributed by atoms with E-state index in [1.54, 1.807) is 0 Å².